The average molecular weight is 640 g/mol. The molecule has 0 radical (unpaired) electrons. The number of alkyl halides is 3. The summed E-state index contributed by atoms with van der Waals surface area (Å²) in [6.07, 6.45) is -2.36. The maximum Gasteiger partial charge on any atom is 0.417 e. The lowest BCUT2D eigenvalue weighted by Gasteiger charge is -2.44. The van der Waals surface area contributed by atoms with Gasteiger partial charge in [0.05, 0.1) is 16.9 Å². The molecule has 0 aliphatic carbocycles. The molecule has 0 aromatic heterocycles. The molecular weight excluding hydrogens is 594 g/mol. The maximum atomic E-state index is 15.4. The largest absolute Gasteiger partial charge is 0.417 e. The van der Waals surface area contributed by atoms with Crippen molar-refractivity contribution in [3.63, 3.8) is 0 Å². The summed E-state index contributed by atoms with van der Waals surface area (Å²) >= 11 is 0. The van der Waals surface area contributed by atoms with Crippen LogP contribution in [0.5, 0.6) is 0 Å². The van der Waals surface area contributed by atoms with Crippen LogP contribution < -0.4 is 21.3 Å². The molecule has 2 aromatic carbocycles. The first kappa shape index (κ1) is 33.7. The van der Waals surface area contributed by atoms with E-state index < -0.39 is 11.7 Å². The van der Waals surface area contributed by atoms with Gasteiger partial charge in [-0.05, 0) is 62.4 Å². The Kier molecular flexibility index (Phi) is 10.3. The van der Waals surface area contributed by atoms with Crippen LogP contribution in [0.15, 0.2) is 84.4 Å². The number of nitrogens with zero attached hydrogens (tertiary/aromatic N) is 4. The van der Waals surface area contributed by atoms with Crippen LogP contribution in [0.4, 0.5) is 28.9 Å². The molecule has 5 rings (SSSR count). The first-order chi connectivity index (χ1) is 21.8. The molecule has 0 bridgehead atoms. The van der Waals surface area contributed by atoms with Gasteiger partial charge in [0.2, 0.25) is 0 Å². The number of nitrogens with two attached hydrogens (primary N) is 1. The van der Waals surface area contributed by atoms with Crippen molar-refractivity contribution in [3.8, 4) is 11.1 Å². The van der Waals surface area contributed by atoms with Crippen LogP contribution in [0.3, 0.4) is 0 Å². The average Bonchev–Trinajstić information content (AvgIpc) is 3.01. The van der Waals surface area contributed by atoms with Gasteiger partial charge < -0.3 is 21.3 Å². The second-order valence-electron chi connectivity index (χ2n) is 12.6. The number of hydrogen-bond acceptors (Lipinski definition) is 7. The Bertz CT molecular complexity index is 1490. The number of benzene rings is 2. The number of dihydropyridines is 1. The minimum atomic E-state index is -4.60. The molecule has 248 valence electrons. The number of likely N-dealkylation sites (N-methyl/N-ethyl adjacent to an activating group) is 1. The molecule has 2 atom stereocenters. The lowest BCUT2D eigenvalue weighted by Crippen LogP contribution is -2.55. The Morgan fingerprint density at radius 2 is 1.70 bits per heavy atom. The maximum absolute atomic E-state index is 15.4. The van der Waals surface area contributed by atoms with E-state index in [1.807, 2.05) is 30.3 Å². The molecule has 11 heteroatoms. The predicted molar refractivity (Wildman–Crippen MR) is 179 cm³/mol. The minimum absolute atomic E-state index is 0.0696. The molecule has 3 aliphatic rings. The molecule has 0 saturated carbocycles. The van der Waals surface area contributed by atoms with Gasteiger partial charge in [0.25, 0.3) is 0 Å². The fraction of sp³-hybridized carbons (Fsp3) is 0.429. The Hall–Kier alpha value is -3.64. The fourth-order valence-electron chi connectivity index (χ4n) is 6.43. The Morgan fingerprint density at radius 3 is 2.35 bits per heavy atom. The van der Waals surface area contributed by atoms with E-state index in [1.165, 1.54) is 12.3 Å². The van der Waals surface area contributed by atoms with Crippen LogP contribution in [-0.2, 0) is 6.54 Å². The molecule has 2 unspecified atom stereocenters. The fourth-order valence-corrected chi connectivity index (χ4v) is 6.43. The molecule has 46 heavy (non-hydrogen) atoms. The van der Waals surface area contributed by atoms with Gasteiger partial charge in [0.15, 0.2) is 0 Å². The SMILES string of the molecule is C=C1C=C(C(F)(F)F)C(C(=C)Nc2cc(-c3cc(CN4CCN(CCN)CC4)ccc3F)ccc2N2CC(C)N(C)C(C)C2)=CN1. The van der Waals surface area contributed by atoms with Crippen molar-refractivity contribution in [3.05, 3.63) is 95.8 Å². The van der Waals surface area contributed by atoms with Crippen LogP contribution in [0.25, 0.3) is 11.1 Å². The Labute approximate surface area is 269 Å². The summed E-state index contributed by atoms with van der Waals surface area (Å²) in [6, 6.07) is 11.3. The zero-order valence-corrected chi connectivity index (χ0v) is 26.9. The van der Waals surface area contributed by atoms with Crippen LogP contribution >= 0.6 is 0 Å². The number of rotatable bonds is 9. The summed E-state index contributed by atoms with van der Waals surface area (Å²) in [4.78, 5) is 9.23. The van der Waals surface area contributed by atoms with Crippen LogP contribution in [0, 0.1) is 5.82 Å². The van der Waals surface area contributed by atoms with Gasteiger partial charge in [-0.1, -0.05) is 25.3 Å². The molecule has 2 fully saturated rings. The summed E-state index contributed by atoms with van der Waals surface area (Å²) in [5.74, 6) is -0.365. The number of hydrogen-bond donors (Lipinski definition) is 3. The number of piperazine rings is 2. The van der Waals surface area contributed by atoms with Crippen molar-refractivity contribution < 1.29 is 17.6 Å². The summed E-state index contributed by atoms with van der Waals surface area (Å²) < 4.78 is 57.5. The second kappa shape index (κ2) is 14.0. The number of nitrogens with one attached hydrogen (secondary N) is 2. The highest BCUT2D eigenvalue weighted by atomic mass is 19.4. The molecule has 4 N–H and O–H groups in total. The third-order valence-corrected chi connectivity index (χ3v) is 9.28. The highest BCUT2D eigenvalue weighted by Gasteiger charge is 2.38. The van der Waals surface area contributed by atoms with E-state index in [4.69, 9.17) is 5.73 Å². The van der Waals surface area contributed by atoms with Gasteiger partial charge in [-0.3, -0.25) is 14.7 Å². The van der Waals surface area contributed by atoms with Crippen molar-refractivity contribution in [2.45, 2.75) is 38.7 Å². The molecule has 3 heterocycles. The normalized spacial score (nSPS) is 21.9. The van der Waals surface area contributed by atoms with Crippen molar-refractivity contribution in [1.29, 1.82) is 0 Å². The quantitative estimate of drug-likeness (QED) is 0.313. The molecule has 3 aliphatic heterocycles. The smallest absolute Gasteiger partial charge is 0.367 e. The molecule has 0 amide bonds. The van der Waals surface area contributed by atoms with E-state index >= 15 is 4.39 Å². The third kappa shape index (κ3) is 7.66. The van der Waals surface area contributed by atoms with E-state index in [-0.39, 0.29) is 34.9 Å². The van der Waals surface area contributed by atoms with Gasteiger partial charge in [-0.15, -0.1) is 0 Å². The van der Waals surface area contributed by atoms with E-state index in [0.29, 0.717) is 29.9 Å². The van der Waals surface area contributed by atoms with E-state index in [9.17, 15) is 13.2 Å². The Morgan fingerprint density at radius 1 is 1.02 bits per heavy atom. The Balaban J connectivity index is 1.46. The van der Waals surface area contributed by atoms with Crippen LogP contribution in [-0.4, -0.2) is 92.4 Å². The minimum Gasteiger partial charge on any atom is -0.367 e. The first-order valence-corrected chi connectivity index (χ1v) is 15.8. The van der Waals surface area contributed by atoms with Gasteiger partial charge in [0, 0.05) is 99.7 Å². The number of allylic oxidation sites excluding steroid dienone is 2. The lowest BCUT2D eigenvalue weighted by atomic mass is 9.98. The molecule has 2 aromatic rings. The predicted octanol–water partition coefficient (Wildman–Crippen LogP) is 5.51. The van der Waals surface area contributed by atoms with Crippen molar-refractivity contribution in [2.75, 3.05) is 69.6 Å². The summed E-state index contributed by atoms with van der Waals surface area (Å²) in [5, 5.41) is 5.96. The monoisotopic (exact) mass is 639 g/mol. The van der Waals surface area contributed by atoms with E-state index in [0.717, 1.165) is 63.1 Å². The van der Waals surface area contributed by atoms with Gasteiger partial charge in [0.1, 0.15) is 5.82 Å². The highest BCUT2D eigenvalue weighted by Crippen LogP contribution is 2.40. The summed E-state index contributed by atoms with van der Waals surface area (Å²) in [6.45, 7) is 19.3. The van der Waals surface area contributed by atoms with Crippen molar-refractivity contribution >= 4 is 11.4 Å². The zero-order valence-electron chi connectivity index (χ0n) is 26.9. The van der Waals surface area contributed by atoms with Gasteiger partial charge in [-0.25, -0.2) is 4.39 Å². The first-order valence-electron chi connectivity index (χ1n) is 15.8. The molecule has 0 spiro atoms. The molecular formula is C35H45F4N7. The number of anilines is 2. The second-order valence-corrected chi connectivity index (χ2v) is 12.6. The number of halogens is 4. The van der Waals surface area contributed by atoms with E-state index in [1.54, 1.807) is 0 Å². The lowest BCUT2D eigenvalue weighted by molar-refractivity contribution is -0.0893. The zero-order chi connectivity index (χ0) is 33.2. The van der Waals surface area contributed by atoms with Crippen molar-refractivity contribution in [1.82, 2.24) is 20.0 Å². The van der Waals surface area contributed by atoms with Crippen LogP contribution in [0.1, 0.15) is 19.4 Å². The van der Waals surface area contributed by atoms with Gasteiger partial charge in [-0.2, -0.15) is 13.2 Å². The summed E-state index contributed by atoms with van der Waals surface area (Å²) in [7, 11) is 2.09. The highest BCUT2D eigenvalue weighted by molar-refractivity contribution is 5.81. The third-order valence-electron chi connectivity index (χ3n) is 9.28. The van der Waals surface area contributed by atoms with Gasteiger partial charge >= 0.3 is 6.18 Å². The topological polar surface area (TPSA) is 63.0 Å². The molecule has 7 nitrogen and oxygen atoms in total. The van der Waals surface area contributed by atoms with Crippen LogP contribution in [0.2, 0.25) is 0 Å². The van der Waals surface area contributed by atoms with Crippen molar-refractivity contribution in [2.24, 2.45) is 5.73 Å². The van der Waals surface area contributed by atoms with E-state index in [2.05, 4.69) is 64.3 Å². The summed E-state index contributed by atoms with van der Waals surface area (Å²) in [5.41, 5.74) is 8.39. The standard InChI is InChI=1S/C35H45F4N7/c1-23-16-31(35(37,38)39)30(19-41-23)26(4)42-33-18-28(7-9-34(33)46-20-24(2)43(5)25(3)21-46)29-17-27(6-8-32(29)36)22-45-14-12-44(11-10-40)13-15-45/h6-9,16-19,24-25,41-42H,1,4,10-15,20-22,40H2,2-3,5H3. The molecule has 2 saturated heterocycles.